The second-order valence-corrected chi connectivity index (χ2v) is 7.65. The van der Waals surface area contributed by atoms with Crippen molar-refractivity contribution in [2.45, 2.75) is 37.7 Å². The van der Waals surface area contributed by atoms with E-state index in [0.29, 0.717) is 24.2 Å². The van der Waals surface area contributed by atoms with Crippen LogP contribution in [0.1, 0.15) is 37.7 Å². The molecule has 0 aliphatic heterocycles. The van der Waals surface area contributed by atoms with Gasteiger partial charge >= 0.3 is 0 Å². The molecule has 0 radical (unpaired) electrons. The summed E-state index contributed by atoms with van der Waals surface area (Å²) in [5, 5.41) is 9.72. The van der Waals surface area contributed by atoms with Crippen molar-refractivity contribution in [2.75, 3.05) is 12.5 Å². The van der Waals surface area contributed by atoms with Crippen molar-refractivity contribution in [1.82, 2.24) is 0 Å². The van der Waals surface area contributed by atoms with Crippen molar-refractivity contribution < 1.29 is 9.84 Å². The van der Waals surface area contributed by atoms with Gasteiger partial charge in [-0.2, -0.15) is 0 Å². The second kappa shape index (κ2) is 5.58. The average Bonchev–Trinajstić information content (AvgIpc) is 2.48. The molecule has 0 saturated heterocycles. The van der Waals surface area contributed by atoms with E-state index in [0.717, 1.165) is 30.2 Å². The van der Waals surface area contributed by atoms with Crippen LogP contribution in [0.2, 0.25) is 0 Å². The number of benzene rings is 1. The number of alkyl halides is 1. The van der Waals surface area contributed by atoms with Gasteiger partial charge in [-0.1, -0.05) is 18.2 Å². The predicted octanol–water partition coefficient (Wildman–Crippen LogP) is 4.61. The molecule has 2 nitrogen and oxygen atoms in total. The minimum absolute atomic E-state index is 0.0882. The van der Waals surface area contributed by atoms with E-state index in [1.165, 1.54) is 24.8 Å². The topological polar surface area (TPSA) is 29.5 Å². The minimum atomic E-state index is -0.0882. The highest BCUT2D eigenvalue weighted by molar-refractivity contribution is 6.17. The molecule has 4 fully saturated rings. The van der Waals surface area contributed by atoms with E-state index in [1.807, 2.05) is 12.1 Å². The normalized spacial score (nSPS) is 37.9. The molecule has 4 bridgehead atoms. The standard InChI is InChI=1S/C19H23ClO2/c20-4-5-22-19-11-14-6-15(12-19)8-16(7-14)18(19)10-13-2-1-3-17(21)9-13/h1-3,9-10,14-16,21H,4-8,11-12H2. The first-order valence-corrected chi connectivity index (χ1v) is 8.93. The van der Waals surface area contributed by atoms with Crippen LogP contribution >= 0.6 is 11.6 Å². The Morgan fingerprint density at radius 3 is 2.68 bits per heavy atom. The molecule has 1 N–H and O–H groups in total. The van der Waals surface area contributed by atoms with Gasteiger partial charge in [-0.15, -0.1) is 11.6 Å². The van der Waals surface area contributed by atoms with Gasteiger partial charge in [-0.3, -0.25) is 0 Å². The molecule has 0 heterocycles. The summed E-state index contributed by atoms with van der Waals surface area (Å²) in [4.78, 5) is 0. The Bertz CT molecular complexity index is 581. The Kier molecular flexibility index (Phi) is 3.70. The lowest BCUT2D eigenvalue weighted by atomic mass is 9.52. The molecule has 1 aromatic rings. The van der Waals surface area contributed by atoms with Gasteiger partial charge < -0.3 is 9.84 Å². The van der Waals surface area contributed by atoms with Gasteiger partial charge in [0.05, 0.1) is 12.2 Å². The van der Waals surface area contributed by atoms with Gasteiger partial charge in [0.1, 0.15) is 5.75 Å². The Balaban J connectivity index is 1.72. The molecule has 22 heavy (non-hydrogen) atoms. The van der Waals surface area contributed by atoms with E-state index in [4.69, 9.17) is 16.3 Å². The predicted molar refractivity (Wildman–Crippen MR) is 89.0 cm³/mol. The van der Waals surface area contributed by atoms with Crippen molar-refractivity contribution in [3.05, 3.63) is 35.4 Å². The number of rotatable bonds is 4. The Morgan fingerprint density at radius 2 is 2.00 bits per heavy atom. The van der Waals surface area contributed by atoms with Gasteiger partial charge in [0.25, 0.3) is 0 Å². The quantitative estimate of drug-likeness (QED) is 0.821. The molecule has 118 valence electrons. The maximum Gasteiger partial charge on any atom is 0.116 e. The Morgan fingerprint density at radius 1 is 1.23 bits per heavy atom. The molecule has 0 amide bonds. The second-order valence-electron chi connectivity index (χ2n) is 7.27. The zero-order valence-corrected chi connectivity index (χ0v) is 13.6. The number of ether oxygens (including phenoxy) is 1. The SMILES string of the molecule is Oc1cccc(C=C2C3CC4CC(C3)CC2(OCCCl)C4)c1. The van der Waals surface area contributed by atoms with Crippen LogP contribution in [0.4, 0.5) is 0 Å². The lowest BCUT2D eigenvalue weighted by molar-refractivity contribution is -0.115. The molecule has 4 aliphatic rings. The summed E-state index contributed by atoms with van der Waals surface area (Å²) in [6, 6.07) is 7.53. The van der Waals surface area contributed by atoms with Crippen molar-refractivity contribution in [2.24, 2.45) is 17.8 Å². The van der Waals surface area contributed by atoms with Crippen LogP contribution in [0.15, 0.2) is 29.8 Å². The van der Waals surface area contributed by atoms with Crippen molar-refractivity contribution in [3.8, 4) is 5.75 Å². The largest absolute Gasteiger partial charge is 0.508 e. The number of aromatic hydroxyl groups is 1. The molecular formula is C19H23ClO2. The highest BCUT2D eigenvalue weighted by Crippen LogP contribution is 2.60. The summed E-state index contributed by atoms with van der Waals surface area (Å²) in [5.74, 6) is 3.20. The van der Waals surface area contributed by atoms with E-state index in [2.05, 4.69) is 12.1 Å². The molecule has 5 rings (SSSR count). The summed E-state index contributed by atoms with van der Waals surface area (Å²) in [6.45, 7) is 0.630. The molecule has 4 saturated carbocycles. The summed E-state index contributed by atoms with van der Waals surface area (Å²) < 4.78 is 6.34. The highest BCUT2D eigenvalue weighted by Gasteiger charge is 2.54. The smallest absolute Gasteiger partial charge is 0.116 e. The van der Waals surface area contributed by atoms with Gasteiger partial charge in [0.2, 0.25) is 0 Å². The average molecular weight is 319 g/mol. The van der Waals surface area contributed by atoms with Crippen LogP contribution in [0, 0.1) is 17.8 Å². The first-order chi connectivity index (χ1) is 10.7. The Hall–Kier alpha value is -0.990. The van der Waals surface area contributed by atoms with Crippen LogP contribution < -0.4 is 0 Å². The van der Waals surface area contributed by atoms with Crippen molar-refractivity contribution >= 4 is 17.7 Å². The van der Waals surface area contributed by atoms with Gasteiger partial charge in [-0.05, 0) is 73.1 Å². The number of hydrogen-bond donors (Lipinski definition) is 1. The van der Waals surface area contributed by atoms with E-state index >= 15 is 0 Å². The summed E-state index contributed by atoms with van der Waals surface area (Å²) in [5.41, 5.74) is 2.45. The fourth-order valence-electron chi connectivity index (χ4n) is 5.25. The maximum atomic E-state index is 9.72. The number of hydrogen-bond acceptors (Lipinski definition) is 2. The summed E-state index contributed by atoms with van der Waals surface area (Å²) in [7, 11) is 0. The molecule has 4 aliphatic carbocycles. The molecule has 0 spiro atoms. The molecule has 3 heteroatoms. The minimum Gasteiger partial charge on any atom is -0.508 e. The van der Waals surface area contributed by atoms with E-state index in [1.54, 1.807) is 6.07 Å². The van der Waals surface area contributed by atoms with E-state index < -0.39 is 0 Å². The zero-order chi connectivity index (χ0) is 15.2. The third kappa shape index (κ3) is 2.47. The highest BCUT2D eigenvalue weighted by atomic mass is 35.5. The first kappa shape index (κ1) is 14.6. The van der Waals surface area contributed by atoms with Crippen molar-refractivity contribution in [1.29, 1.82) is 0 Å². The number of phenolic OH excluding ortho intramolecular Hbond substituents is 1. The molecular weight excluding hydrogens is 296 g/mol. The molecule has 2 atom stereocenters. The fraction of sp³-hybridized carbons (Fsp3) is 0.579. The van der Waals surface area contributed by atoms with Gasteiger partial charge in [0.15, 0.2) is 0 Å². The maximum absolute atomic E-state index is 9.72. The Labute approximate surface area is 137 Å². The van der Waals surface area contributed by atoms with Gasteiger partial charge in [-0.25, -0.2) is 0 Å². The van der Waals surface area contributed by atoms with Crippen LogP contribution in [0.3, 0.4) is 0 Å². The first-order valence-electron chi connectivity index (χ1n) is 8.39. The fourth-order valence-corrected chi connectivity index (χ4v) is 5.33. The van der Waals surface area contributed by atoms with Crippen LogP contribution in [-0.4, -0.2) is 23.2 Å². The number of phenols is 1. The molecule has 0 aromatic heterocycles. The molecule has 1 aromatic carbocycles. The van der Waals surface area contributed by atoms with E-state index in [9.17, 15) is 5.11 Å². The van der Waals surface area contributed by atoms with Crippen LogP contribution in [0.25, 0.3) is 6.08 Å². The van der Waals surface area contributed by atoms with Crippen molar-refractivity contribution in [3.63, 3.8) is 0 Å². The molecule has 2 unspecified atom stereocenters. The zero-order valence-electron chi connectivity index (χ0n) is 12.8. The monoisotopic (exact) mass is 318 g/mol. The number of halogens is 1. The third-order valence-electron chi connectivity index (χ3n) is 5.75. The van der Waals surface area contributed by atoms with Crippen LogP contribution in [-0.2, 0) is 4.74 Å². The lowest BCUT2D eigenvalue weighted by Gasteiger charge is -2.58. The lowest BCUT2D eigenvalue weighted by Crippen LogP contribution is -2.54. The third-order valence-corrected chi connectivity index (χ3v) is 5.91. The van der Waals surface area contributed by atoms with Gasteiger partial charge in [0, 0.05) is 5.88 Å². The van der Waals surface area contributed by atoms with E-state index in [-0.39, 0.29) is 5.60 Å². The van der Waals surface area contributed by atoms with Crippen LogP contribution in [0.5, 0.6) is 5.75 Å². The summed E-state index contributed by atoms with van der Waals surface area (Å²) >= 11 is 5.89. The summed E-state index contributed by atoms with van der Waals surface area (Å²) in [6.07, 6.45) is 8.60.